The lowest BCUT2D eigenvalue weighted by Gasteiger charge is -2.13. The fourth-order valence-electron chi connectivity index (χ4n) is 1.37. The van der Waals surface area contributed by atoms with Crippen LogP contribution >= 0.6 is 27.3 Å². The van der Waals surface area contributed by atoms with Crippen molar-refractivity contribution in [2.75, 3.05) is 11.9 Å². The van der Waals surface area contributed by atoms with Crippen molar-refractivity contribution in [3.05, 3.63) is 45.4 Å². The maximum atomic E-state index is 12.1. The van der Waals surface area contributed by atoms with Gasteiger partial charge in [0.2, 0.25) is 0 Å². The van der Waals surface area contributed by atoms with E-state index in [1.54, 1.807) is 24.1 Å². The second kappa shape index (κ2) is 4.98. The van der Waals surface area contributed by atoms with Gasteiger partial charge in [-0.25, -0.2) is 4.98 Å². The van der Waals surface area contributed by atoms with Crippen LogP contribution in [-0.2, 0) is 0 Å². The number of aromatic nitrogens is 1. The van der Waals surface area contributed by atoms with Gasteiger partial charge < -0.3 is 0 Å². The Bertz CT molecular complexity index is 536. The highest BCUT2D eigenvalue weighted by atomic mass is 79.9. The minimum atomic E-state index is -0.0492. The Kier molecular flexibility index (Phi) is 3.59. The van der Waals surface area contributed by atoms with E-state index >= 15 is 0 Å². The predicted molar refractivity (Wildman–Crippen MR) is 73.7 cm³/mol. The molecule has 0 spiro atoms. The van der Waals surface area contributed by atoms with Crippen molar-refractivity contribution in [2.24, 2.45) is 0 Å². The van der Waals surface area contributed by atoms with E-state index in [-0.39, 0.29) is 5.91 Å². The summed E-state index contributed by atoms with van der Waals surface area (Å²) in [7, 11) is 1.74. The van der Waals surface area contributed by atoms with Crippen LogP contribution in [0, 0.1) is 6.92 Å². The molecule has 3 nitrogen and oxygen atoms in total. The van der Waals surface area contributed by atoms with Gasteiger partial charge in [-0.15, -0.1) is 11.3 Å². The lowest BCUT2D eigenvalue weighted by Crippen LogP contribution is -2.25. The summed E-state index contributed by atoms with van der Waals surface area (Å²) in [5.41, 5.74) is 1.59. The molecule has 1 aromatic heterocycles. The first-order chi connectivity index (χ1) is 8.08. The first kappa shape index (κ1) is 12.3. The van der Waals surface area contributed by atoms with E-state index in [1.165, 1.54) is 11.3 Å². The van der Waals surface area contributed by atoms with Crippen molar-refractivity contribution < 1.29 is 4.79 Å². The monoisotopic (exact) mass is 310 g/mol. The minimum absolute atomic E-state index is 0.0492. The van der Waals surface area contributed by atoms with Gasteiger partial charge in [-0.1, -0.05) is 15.9 Å². The third-order valence-electron chi connectivity index (χ3n) is 2.29. The molecule has 0 saturated heterocycles. The molecule has 17 heavy (non-hydrogen) atoms. The van der Waals surface area contributed by atoms with Crippen LogP contribution in [-0.4, -0.2) is 17.9 Å². The Morgan fingerprint density at radius 1 is 1.35 bits per heavy atom. The Morgan fingerprint density at radius 3 is 2.53 bits per heavy atom. The molecule has 2 rings (SSSR count). The van der Waals surface area contributed by atoms with Gasteiger partial charge in [-0.3, -0.25) is 9.69 Å². The quantitative estimate of drug-likeness (QED) is 0.850. The molecule has 1 heterocycles. The maximum absolute atomic E-state index is 12.1. The molecule has 2 aromatic rings. The van der Waals surface area contributed by atoms with Crippen molar-refractivity contribution in [3.8, 4) is 0 Å². The van der Waals surface area contributed by atoms with Gasteiger partial charge in [0.1, 0.15) is 0 Å². The van der Waals surface area contributed by atoms with Crippen molar-refractivity contribution in [2.45, 2.75) is 6.92 Å². The summed E-state index contributed by atoms with van der Waals surface area (Å²) in [4.78, 5) is 18.0. The average molecular weight is 311 g/mol. The zero-order valence-corrected chi connectivity index (χ0v) is 11.9. The molecule has 0 atom stereocenters. The molecule has 0 N–H and O–H groups in total. The van der Waals surface area contributed by atoms with E-state index in [1.807, 2.05) is 24.4 Å². The molecule has 0 saturated carbocycles. The van der Waals surface area contributed by atoms with Crippen molar-refractivity contribution in [1.82, 2.24) is 4.98 Å². The molecule has 1 aromatic carbocycles. The lowest BCUT2D eigenvalue weighted by atomic mass is 10.2. The van der Waals surface area contributed by atoms with Gasteiger partial charge in [-0.05, 0) is 31.2 Å². The van der Waals surface area contributed by atoms with Crippen LogP contribution in [0.3, 0.4) is 0 Å². The zero-order chi connectivity index (χ0) is 12.4. The highest BCUT2D eigenvalue weighted by Gasteiger charge is 2.15. The molecular formula is C12H11BrN2OS. The molecule has 0 unspecified atom stereocenters. The van der Waals surface area contributed by atoms with Crippen LogP contribution in [0.15, 0.2) is 34.1 Å². The Labute approximate surface area is 112 Å². The Balaban J connectivity index is 2.23. The van der Waals surface area contributed by atoms with Gasteiger partial charge in [-0.2, -0.15) is 0 Å². The molecule has 0 bridgehead atoms. The number of thiazole rings is 1. The highest BCUT2D eigenvalue weighted by molar-refractivity contribution is 9.10. The fourth-order valence-corrected chi connectivity index (χ4v) is 2.40. The molecule has 0 fully saturated rings. The summed E-state index contributed by atoms with van der Waals surface area (Å²) in [6.45, 7) is 1.91. The van der Waals surface area contributed by atoms with Crippen molar-refractivity contribution >= 4 is 38.3 Å². The van der Waals surface area contributed by atoms with Gasteiger partial charge in [0.05, 0.1) is 5.69 Å². The summed E-state index contributed by atoms with van der Waals surface area (Å²) in [6, 6.07) is 7.30. The third kappa shape index (κ3) is 2.73. The molecule has 88 valence electrons. The van der Waals surface area contributed by atoms with E-state index < -0.39 is 0 Å². The number of nitrogens with zero attached hydrogens (tertiary/aromatic N) is 2. The molecule has 0 aliphatic rings. The van der Waals surface area contributed by atoms with Crippen LogP contribution in [0.5, 0.6) is 0 Å². The minimum Gasteiger partial charge on any atom is -0.287 e. The predicted octanol–water partition coefficient (Wildman–Crippen LogP) is 3.49. The number of halogens is 1. The summed E-state index contributed by atoms with van der Waals surface area (Å²) in [5, 5.41) is 2.65. The first-order valence-electron chi connectivity index (χ1n) is 5.03. The highest BCUT2D eigenvalue weighted by Crippen LogP contribution is 2.21. The second-order valence-corrected chi connectivity index (χ2v) is 5.39. The average Bonchev–Trinajstić information content (AvgIpc) is 2.75. The normalized spacial score (nSPS) is 10.3. The van der Waals surface area contributed by atoms with Crippen LogP contribution in [0.25, 0.3) is 0 Å². The standard InChI is InChI=1S/C12H11BrN2OS/c1-8-7-17-12(14-8)15(2)11(16)9-3-5-10(13)6-4-9/h3-7H,1-2H3. The van der Waals surface area contributed by atoms with Crippen LogP contribution in [0.2, 0.25) is 0 Å². The molecular weight excluding hydrogens is 300 g/mol. The SMILES string of the molecule is Cc1csc(N(C)C(=O)c2ccc(Br)cc2)n1. The molecule has 1 amide bonds. The van der Waals surface area contributed by atoms with Crippen LogP contribution in [0.4, 0.5) is 5.13 Å². The summed E-state index contributed by atoms with van der Waals surface area (Å²) >= 11 is 4.81. The maximum Gasteiger partial charge on any atom is 0.259 e. The number of carbonyl (C=O) groups is 1. The van der Waals surface area contributed by atoms with E-state index in [4.69, 9.17) is 0 Å². The number of hydrogen-bond donors (Lipinski definition) is 0. The van der Waals surface area contributed by atoms with E-state index in [0.717, 1.165) is 15.3 Å². The van der Waals surface area contributed by atoms with Gasteiger partial charge in [0, 0.05) is 22.5 Å². The molecule has 0 aliphatic heterocycles. The summed E-state index contributed by atoms with van der Waals surface area (Å²) < 4.78 is 0.960. The van der Waals surface area contributed by atoms with E-state index in [2.05, 4.69) is 20.9 Å². The van der Waals surface area contributed by atoms with Gasteiger partial charge in [0.15, 0.2) is 5.13 Å². The van der Waals surface area contributed by atoms with Crippen LogP contribution < -0.4 is 4.90 Å². The van der Waals surface area contributed by atoms with Gasteiger partial charge in [0.25, 0.3) is 5.91 Å². The topological polar surface area (TPSA) is 33.2 Å². The number of aryl methyl sites for hydroxylation is 1. The molecule has 0 radical (unpaired) electrons. The molecule has 0 aliphatic carbocycles. The number of hydrogen-bond acceptors (Lipinski definition) is 3. The van der Waals surface area contributed by atoms with E-state index in [9.17, 15) is 4.79 Å². The Hall–Kier alpha value is -1.20. The third-order valence-corrected chi connectivity index (χ3v) is 3.85. The fraction of sp³-hybridized carbons (Fsp3) is 0.167. The van der Waals surface area contributed by atoms with Gasteiger partial charge >= 0.3 is 0 Å². The largest absolute Gasteiger partial charge is 0.287 e. The summed E-state index contributed by atoms with van der Waals surface area (Å²) in [6.07, 6.45) is 0. The number of rotatable bonds is 2. The number of carbonyl (C=O) groups excluding carboxylic acids is 1. The summed E-state index contributed by atoms with van der Waals surface area (Å²) in [5.74, 6) is -0.0492. The number of anilines is 1. The molecule has 5 heteroatoms. The van der Waals surface area contributed by atoms with E-state index in [0.29, 0.717) is 5.56 Å². The number of benzene rings is 1. The smallest absolute Gasteiger partial charge is 0.259 e. The van der Waals surface area contributed by atoms with Crippen molar-refractivity contribution in [3.63, 3.8) is 0 Å². The second-order valence-electron chi connectivity index (χ2n) is 3.64. The first-order valence-corrected chi connectivity index (χ1v) is 6.71. The lowest BCUT2D eigenvalue weighted by molar-refractivity contribution is 0.0993. The number of amides is 1. The van der Waals surface area contributed by atoms with Crippen molar-refractivity contribution in [1.29, 1.82) is 0 Å². The van der Waals surface area contributed by atoms with Crippen LogP contribution in [0.1, 0.15) is 16.1 Å². The zero-order valence-electron chi connectivity index (χ0n) is 9.48. The Morgan fingerprint density at radius 2 is 2.00 bits per heavy atom.